The van der Waals surface area contributed by atoms with Crippen molar-refractivity contribution in [2.45, 2.75) is 0 Å². The lowest BCUT2D eigenvalue weighted by Crippen LogP contribution is -2.03. The van der Waals surface area contributed by atoms with Gasteiger partial charge in [0.15, 0.2) is 5.78 Å². The number of carbonyl (C=O) groups excluding carboxylic acids is 1. The summed E-state index contributed by atoms with van der Waals surface area (Å²) in [5, 5.41) is 2.03. The first-order valence-corrected chi connectivity index (χ1v) is 7.55. The van der Waals surface area contributed by atoms with Crippen LogP contribution < -0.4 is 0 Å². The smallest absolute Gasteiger partial charge is 0.196 e. The van der Waals surface area contributed by atoms with E-state index in [4.69, 9.17) is 11.6 Å². The average Bonchev–Trinajstić information content (AvgIpc) is 2.69. The summed E-state index contributed by atoms with van der Waals surface area (Å²) in [6.45, 7) is 0. The third-order valence-corrected chi connectivity index (χ3v) is 5.07. The number of hydrogen-bond acceptors (Lipinski definition) is 2. The third-order valence-electron chi connectivity index (χ3n) is 2.08. The van der Waals surface area contributed by atoms with Crippen molar-refractivity contribution in [2.24, 2.45) is 0 Å². The van der Waals surface area contributed by atoms with Gasteiger partial charge in [-0.2, -0.15) is 0 Å². The highest BCUT2D eigenvalue weighted by Crippen LogP contribution is 2.28. The van der Waals surface area contributed by atoms with Crippen molar-refractivity contribution in [3.63, 3.8) is 0 Å². The standard InChI is InChI=1S/C11H4BrClFIOS/c12-7-3-9(14)6(2-8(7)13)11(16)5-1-10(15)17-4-5/h1-4H. The van der Waals surface area contributed by atoms with Gasteiger partial charge in [0.2, 0.25) is 0 Å². The zero-order valence-corrected chi connectivity index (χ0v) is 13.5. The molecule has 1 aromatic carbocycles. The fourth-order valence-electron chi connectivity index (χ4n) is 1.28. The molecule has 1 nitrogen and oxygen atoms in total. The molecule has 1 aromatic heterocycles. The summed E-state index contributed by atoms with van der Waals surface area (Å²) in [6, 6.07) is 4.27. The van der Waals surface area contributed by atoms with Crippen LogP contribution in [0.5, 0.6) is 0 Å². The highest BCUT2D eigenvalue weighted by molar-refractivity contribution is 14.1. The molecule has 0 fully saturated rings. The maximum Gasteiger partial charge on any atom is 0.196 e. The molecule has 2 aromatic rings. The second kappa shape index (κ2) is 5.34. The van der Waals surface area contributed by atoms with E-state index in [-0.39, 0.29) is 11.3 Å². The van der Waals surface area contributed by atoms with Crippen LogP contribution in [-0.2, 0) is 0 Å². The highest BCUT2D eigenvalue weighted by Gasteiger charge is 2.17. The van der Waals surface area contributed by atoms with Gasteiger partial charge < -0.3 is 0 Å². The second-order valence-electron chi connectivity index (χ2n) is 3.21. The van der Waals surface area contributed by atoms with Crippen molar-refractivity contribution in [2.75, 3.05) is 0 Å². The first kappa shape index (κ1) is 13.5. The van der Waals surface area contributed by atoms with Crippen LogP contribution in [-0.4, -0.2) is 5.78 Å². The Morgan fingerprint density at radius 1 is 1.41 bits per heavy atom. The Labute approximate surface area is 128 Å². The van der Waals surface area contributed by atoms with Crippen LogP contribution in [0.25, 0.3) is 0 Å². The van der Waals surface area contributed by atoms with Crippen LogP contribution >= 0.6 is 61.5 Å². The summed E-state index contributed by atoms with van der Waals surface area (Å²) in [6.07, 6.45) is 0. The summed E-state index contributed by atoms with van der Waals surface area (Å²) in [5.74, 6) is -0.927. The molecular weight excluding hydrogens is 441 g/mol. The number of carbonyl (C=O) groups is 1. The molecule has 0 aliphatic heterocycles. The number of rotatable bonds is 2. The van der Waals surface area contributed by atoms with Crippen molar-refractivity contribution in [3.8, 4) is 0 Å². The fraction of sp³-hybridized carbons (Fsp3) is 0. The van der Waals surface area contributed by atoms with Crippen LogP contribution in [0.4, 0.5) is 4.39 Å². The Balaban J connectivity index is 2.47. The van der Waals surface area contributed by atoms with Crippen LogP contribution in [0, 0.1) is 8.70 Å². The van der Waals surface area contributed by atoms with Crippen LogP contribution in [0.2, 0.25) is 5.02 Å². The van der Waals surface area contributed by atoms with Gasteiger partial charge in [-0.3, -0.25) is 4.79 Å². The predicted molar refractivity (Wildman–Crippen MR) is 79.6 cm³/mol. The number of hydrogen-bond donors (Lipinski definition) is 0. The summed E-state index contributed by atoms with van der Waals surface area (Å²) >= 11 is 12.5. The maximum absolute atomic E-state index is 13.7. The summed E-state index contributed by atoms with van der Waals surface area (Å²) in [4.78, 5) is 12.0. The zero-order valence-electron chi connectivity index (χ0n) is 8.14. The van der Waals surface area contributed by atoms with E-state index in [9.17, 15) is 9.18 Å². The first-order chi connectivity index (χ1) is 7.99. The zero-order chi connectivity index (χ0) is 12.6. The van der Waals surface area contributed by atoms with Gasteiger partial charge in [0.25, 0.3) is 0 Å². The Bertz CT molecular complexity index is 599. The molecule has 0 spiro atoms. The monoisotopic (exact) mass is 444 g/mol. The second-order valence-corrected chi connectivity index (χ2v) is 7.28. The van der Waals surface area contributed by atoms with E-state index < -0.39 is 5.82 Å². The lowest BCUT2D eigenvalue weighted by atomic mass is 10.1. The van der Waals surface area contributed by atoms with Gasteiger partial charge in [-0.15, -0.1) is 11.3 Å². The van der Waals surface area contributed by atoms with Crippen molar-refractivity contribution in [1.82, 2.24) is 0 Å². The lowest BCUT2D eigenvalue weighted by molar-refractivity contribution is 0.103. The molecule has 0 bridgehead atoms. The third kappa shape index (κ3) is 2.89. The van der Waals surface area contributed by atoms with E-state index in [1.54, 1.807) is 11.4 Å². The van der Waals surface area contributed by atoms with Gasteiger partial charge in [0.05, 0.1) is 13.5 Å². The van der Waals surface area contributed by atoms with Gasteiger partial charge in [0.1, 0.15) is 5.82 Å². The molecule has 0 aliphatic carbocycles. The molecule has 0 atom stereocenters. The van der Waals surface area contributed by atoms with Gasteiger partial charge in [-0.25, -0.2) is 4.39 Å². The normalized spacial score (nSPS) is 10.6. The molecule has 0 amide bonds. The van der Waals surface area contributed by atoms with E-state index in [2.05, 4.69) is 38.5 Å². The van der Waals surface area contributed by atoms with Crippen LogP contribution in [0.15, 0.2) is 28.1 Å². The SMILES string of the molecule is O=C(c1csc(I)c1)c1cc(Cl)c(Br)cc1F. The van der Waals surface area contributed by atoms with Crippen molar-refractivity contribution >= 4 is 67.2 Å². The minimum Gasteiger partial charge on any atom is -0.288 e. The molecule has 0 saturated heterocycles. The summed E-state index contributed by atoms with van der Waals surface area (Å²) in [7, 11) is 0. The topological polar surface area (TPSA) is 17.1 Å². The Morgan fingerprint density at radius 2 is 2.12 bits per heavy atom. The van der Waals surface area contributed by atoms with E-state index in [0.29, 0.717) is 15.1 Å². The average molecular weight is 445 g/mol. The van der Waals surface area contributed by atoms with E-state index in [1.165, 1.54) is 23.5 Å². The highest BCUT2D eigenvalue weighted by atomic mass is 127. The molecule has 0 aliphatic rings. The lowest BCUT2D eigenvalue weighted by Gasteiger charge is -2.03. The van der Waals surface area contributed by atoms with Crippen molar-refractivity contribution < 1.29 is 9.18 Å². The molecule has 0 N–H and O–H groups in total. The Kier molecular flexibility index (Phi) is 4.22. The summed E-state index contributed by atoms with van der Waals surface area (Å²) in [5.41, 5.74) is 0.476. The van der Waals surface area contributed by atoms with Gasteiger partial charge >= 0.3 is 0 Å². The van der Waals surface area contributed by atoms with Gasteiger partial charge in [-0.1, -0.05) is 11.6 Å². The number of benzene rings is 1. The predicted octanol–water partition coefficient (Wildman–Crippen LogP) is 5.14. The maximum atomic E-state index is 13.7. The number of halogens is 4. The molecule has 6 heteroatoms. The van der Waals surface area contributed by atoms with Gasteiger partial charge in [-0.05, 0) is 56.7 Å². The first-order valence-electron chi connectivity index (χ1n) is 4.42. The largest absolute Gasteiger partial charge is 0.288 e. The van der Waals surface area contributed by atoms with Crippen LogP contribution in [0.1, 0.15) is 15.9 Å². The van der Waals surface area contributed by atoms with Crippen molar-refractivity contribution in [1.29, 1.82) is 0 Å². The van der Waals surface area contributed by atoms with E-state index in [0.717, 1.165) is 2.88 Å². The molecule has 88 valence electrons. The van der Waals surface area contributed by atoms with Crippen LogP contribution in [0.3, 0.4) is 0 Å². The molecule has 1 heterocycles. The fourth-order valence-corrected chi connectivity index (χ4v) is 3.09. The Morgan fingerprint density at radius 3 is 2.71 bits per heavy atom. The van der Waals surface area contributed by atoms with Crippen molar-refractivity contribution in [3.05, 3.63) is 52.9 Å². The molecule has 2 rings (SSSR count). The number of thiophene rings is 1. The van der Waals surface area contributed by atoms with E-state index >= 15 is 0 Å². The molecule has 0 saturated carbocycles. The molecule has 17 heavy (non-hydrogen) atoms. The quantitative estimate of drug-likeness (QED) is 0.356. The Hall–Kier alpha value is 0.0200. The van der Waals surface area contributed by atoms with Gasteiger partial charge in [0, 0.05) is 15.4 Å². The number of ketones is 1. The van der Waals surface area contributed by atoms with E-state index in [1.807, 2.05) is 0 Å². The molecule has 0 radical (unpaired) electrons. The molecular formula is C11H4BrClFIOS. The minimum atomic E-state index is -0.576. The molecule has 0 unspecified atom stereocenters. The minimum absolute atomic E-state index is 0.00704. The summed E-state index contributed by atoms with van der Waals surface area (Å²) < 4.78 is 15.1.